The van der Waals surface area contributed by atoms with Crippen LogP contribution in [0.15, 0.2) is 54.6 Å². The zero-order valence-electron chi connectivity index (χ0n) is 16.4. The highest BCUT2D eigenvalue weighted by Crippen LogP contribution is 2.45. The van der Waals surface area contributed by atoms with Crippen LogP contribution in [0.25, 0.3) is 6.08 Å². The number of nitrogens with one attached hydrogen (secondary N) is 2. The summed E-state index contributed by atoms with van der Waals surface area (Å²) < 4.78 is 11.1. The Bertz CT molecular complexity index is 1160. The van der Waals surface area contributed by atoms with Gasteiger partial charge in [-0.1, -0.05) is 48.6 Å². The predicted molar refractivity (Wildman–Crippen MR) is 112 cm³/mol. The molecule has 150 valence electrons. The van der Waals surface area contributed by atoms with Gasteiger partial charge in [-0.25, -0.2) is 0 Å². The van der Waals surface area contributed by atoms with Crippen LogP contribution in [0.3, 0.4) is 0 Å². The number of benzene rings is 2. The van der Waals surface area contributed by atoms with Crippen LogP contribution in [-0.2, 0) is 16.6 Å². The lowest BCUT2D eigenvalue weighted by Gasteiger charge is -2.34. The Hall–Kier alpha value is -3.54. The van der Waals surface area contributed by atoms with Crippen molar-refractivity contribution in [3.05, 3.63) is 77.0 Å². The Balaban J connectivity index is 1.43. The minimum absolute atomic E-state index is 0.0633. The van der Waals surface area contributed by atoms with Crippen molar-refractivity contribution in [2.24, 2.45) is 5.92 Å². The minimum atomic E-state index is -0.375. The van der Waals surface area contributed by atoms with Crippen molar-refractivity contribution in [1.82, 2.24) is 10.2 Å². The summed E-state index contributed by atoms with van der Waals surface area (Å²) in [4.78, 5) is 12.2. The van der Waals surface area contributed by atoms with Crippen molar-refractivity contribution in [3.63, 3.8) is 0 Å². The van der Waals surface area contributed by atoms with Gasteiger partial charge < -0.3 is 14.8 Å². The number of aromatic amines is 1. The van der Waals surface area contributed by atoms with Crippen LogP contribution in [0.5, 0.6) is 11.5 Å². The lowest BCUT2D eigenvalue weighted by atomic mass is 9.68. The Morgan fingerprint density at radius 2 is 1.90 bits per heavy atom. The number of hydrogen-bond acceptors (Lipinski definition) is 4. The maximum absolute atomic E-state index is 12.2. The normalized spacial score (nSPS) is 21.3. The van der Waals surface area contributed by atoms with E-state index in [2.05, 4.69) is 64.1 Å². The minimum Gasteiger partial charge on any atom is -0.454 e. The van der Waals surface area contributed by atoms with Gasteiger partial charge in [0.05, 0.1) is 0 Å². The second-order valence-corrected chi connectivity index (χ2v) is 8.14. The van der Waals surface area contributed by atoms with Gasteiger partial charge in [-0.3, -0.25) is 9.89 Å². The zero-order valence-corrected chi connectivity index (χ0v) is 16.4. The molecule has 1 unspecified atom stereocenters. The van der Waals surface area contributed by atoms with Crippen LogP contribution < -0.4 is 14.8 Å². The number of ether oxygens (including phenoxy) is 2. The number of carbonyl (C=O) groups excluding carboxylic acids is 1. The highest BCUT2D eigenvalue weighted by molar-refractivity contribution is 5.95. The van der Waals surface area contributed by atoms with E-state index in [1.54, 1.807) is 0 Å². The number of amides is 1. The van der Waals surface area contributed by atoms with E-state index in [1.165, 1.54) is 5.56 Å². The van der Waals surface area contributed by atoms with E-state index >= 15 is 0 Å². The van der Waals surface area contributed by atoms with Crippen LogP contribution in [0.2, 0.25) is 0 Å². The predicted octanol–water partition coefficient (Wildman–Crippen LogP) is 4.04. The van der Waals surface area contributed by atoms with Crippen molar-refractivity contribution in [3.8, 4) is 11.5 Å². The largest absolute Gasteiger partial charge is 0.454 e. The third-order valence-electron chi connectivity index (χ3n) is 6.24. The van der Waals surface area contributed by atoms with Gasteiger partial charge in [-0.05, 0) is 36.1 Å². The van der Waals surface area contributed by atoms with Gasteiger partial charge in [0.15, 0.2) is 17.3 Å². The molecule has 2 aliphatic carbocycles. The molecule has 6 nitrogen and oxygen atoms in total. The molecule has 1 amide bonds. The fourth-order valence-corrected chi connectivity index (χ4v) is 4.40. The molecule has 2 heterocycles. The molecule has 1 aliphatic heterocycles. The summed E-state index contributed by atoms with van der Waals surface area (Å²) in [5.74, 6) is 2.36. The average molecular weight is 399 g/mol. The molecule has 1 fully saturated rings. The molecule has 6 heteroatoms. The van der Waals surface area contributed by atoms with Crippen molar-refractivity contribution in [1.29, 1.82) is 0 Å². The van der Waals surface area contributed by atoms with Crippen LogP contribution >= 0.6 is 0 Å². The topological polar surface area (TPSA) is 76.2 Å². The molecule has 1 aromatic heterocycles. The molecule has 1 saturated carbocycles. The van der Waals surface area contributed by atoms with E-state index in [0.29, 0.717) is 12.2 Å². The molecule has 30 heavy (non-hydrogen) atoms. The standard InChI is InChI=1S/C24H21N3O3/c28-23(15-6-7-15)25-22-18-10-11-24(13-19(18)26-27-22,16-4-2-1-3-5-16)17-8-9-20-21(12-17)30-14-29-20/h1-5,8-12,15H,6-7,13-14H2,(H2,25,26,27,28). The fraction of sp³-hybridized carbons (Fsp3) is 0.250. The fourth-order valence-electron chi connectivity index (χ4n) is 4.40. The van der Waals surface area contributed by atoms with E-state index in [0.717, 1.165) is 41.2 Å². The van der Waals surface area contributed by atoms with Gasteiger partial charge >= 0.3 is 0 Å². The van der Waals surface area contributed by atoms with Gasteiger partial charge in [0, 0.05) is 29.0 Å². The molecular weight excluding hydrogens is 378 g/mol. The van der Waals surface area contributed by atoms with Gasteiger partial charge in [-0.15, -0.1) is 0 Å². The van der Waals surface area contributed by atoms with E-state index in [4.69, 9.17) is 9.47 Å². The zero-order chi connectivity index (χ0) is 20.1. The summed E-state index contributed by atoms with van der Waals surface area (Å²) in [6.45, 7) is 0.252. The number of fused-ring (bicyclic) bond motifs is 2. The molecule has 2 N–H and O–H groups in total. The monoisotopic (exact) mass is 399 g/mol. The van der Waals surface area contributed by atoms with E-state index < -0.39 is 0 Å². The number of aromatic nitrogens is 2. The number of nitrogens with zero attached hydrogens (tertiary/aromatic N) is 1. The van der Waals surface area contributed by atoms with Crippen molar-refractivity contribution in [2.45, 2.75) is 24.7 Å². The summed E-state index contributed by atoms with van der Waals surface area (Å²) in [5.41, 5.74) is 3.89. The number of H-pyrrole nitrogens is 1. The Labute approximate surface area is 173 Å². The number of hydrogen-bond donors (Lipinski definition) is 2. The van der Waals surface area contributed by atoms with Crippen LogP contribution in [-0.4, -0.2) is 22.9 Å². The van der Waals surface area contributed by atoms with Gasteiger partial charge in [-0.2, -0.15) is 5.10 Å². The smallest absolute Gasteiger partial charge is 0.231 e. The maximum Gasteiger partial charge on any atom is 0.231 e. The third kappa shape index (κ3) is 2.71. The molecule has 0 bridgehead atoms. The molecule has 0 radical (unpaired) electrons. The summed E-state index contributed by atoms with van der Waals surface area (Å²) in [7, 11) is 0. The first-order valence-electron chi connectivity index (χ1n) is 10.3. The molecule has 3 aliphatic rings. The second kappa shape index (κ2) is 6.49. The maximum atomic E-state index is 12.2. The highest BCUT2D eigenvalue weighted by Gasteiger charge is 2.38. The van der Waals surface area contributed by atoms with Gasteiger partial charge in [0.2, 0.25) is 12.7 Å². The molecular formula is C24H21N3O3. The first kappa shape index (κ1) is 17.3. The first-order valence-corrected chi connectivity index (χ1v) is 10.3. The van der Waals surface area contributed by atoms with Crippen molar-refractivity contribution in [2.75, 3.05) is 12.1 Å². The Morgan fingerprint density at radius 3 is 2.73 bits per heavy atom. The van der Waals surface area contributed by atoms with Crippen LogP contribution in [0.1, 0.15) is 35.2 Å². The molecule has 0 saturated heterocycles. The van der Waals surface area contributed by atoms with E-state index in [-0.39, 0.29) is 24.0 Å². The average Bonchev–Trinajstić information content (AvgIpc) is 3.42. The number of allylic oxidation sites excluding steroid dienone is 1. The van der Waals surface area contributed by atoms with E-state index in [9.17, 15) is 4.79 Å². The van der Waals surface area contributed by atoms with Crippen molar-refractivity contribution >= 4 is 17.8 Å². The van der Waals surface area contributed by atoms with Crippen LogP contribution in [0, 0.1) is 5.92 Å². The lowest BCUT2D eigenvalue weighted by molar-refractivity contribution is -0.117. The lowest BCUT2D eigenvalue weighted by Crippen LogP contribution is -2.30. The Kier molecular flexibility index (Phi) is 3.75. The highest BCUT2D eigenvalue weighted by atomic mass is 16.7. The van der Waals surface area contributed by atoms with Crippen LogP contribution in [0.4, 0.5) is 5.82 Å². The molecule has 1 atom stereocenters. The van der Waals surface area contributed by atoms with Crippen molar-refractivity contribution < 1.29 is 14.3 Å². The van der Waals surface area contributed by atoms with E-state index in [1.807, 2.05) is 12.1 Å². The summed E-state index contributed by atoms with van der Waals surface area (Å²) in [6, 6.07) is 16.6. The SMILES string of the molecule is O=C(Nc1n[nH]c2c1C=CC(c1ccccc1)(c1ccc3c(c1)OCO3)C2)C1CC1. The summed E-state index contributed by atoms with van der Waals surface area (Å²) >= 11 is 0. The molecule has 0 spiro atoms. The molecule has 2 aromatic carbocycles. The van der Waals surface area contributed by atoms with Gasteiger partial charge in [0.1, 0.15) is 0 Å². The summed E-state index contributed by atoms with van der Waals surface area (Å²) in [6.07, 6.45) is 6.92. The summed E-state index contributed by atoms with van der Waals surface area (Å²) in [5, 5.41) is 10.6. The number of carbonyl (C=O) groups is 1. The quantitative estimate of drug-likeness (QED) is 0.694. The molecule has 6 rings (SSSR count). The Morgan fingerprint density at radius 1 is 1.07 bits per heavy atom. The third-order valence-corrected chi connectivity index (χ3v) is 6.24. The molecule has 3 aromatic rings. The number of anilines is 1. The van der Waals surface area contributed by atoms with Gasteiger partial charge in [0.25, 0.3) is 0 Å². The second-order valence-electron chi connectivity index (χ2n) is 8.14. The number of rotatable bonds is 4. The first-order chi connectivity index (χ1) is 14.7.